The fourth-order valence-corrected chi connectivity index (χ4v) is 2.27. The van der Waals surface area contributed by atoms with Crippen LogP contribution >= 0.6 is 0 Å². The largest absolute Gasteiger partial charge is 0.481 e. The maximum absolute atomic E-state index is 11.1. The number of furan rings is 1. The van der Waals surface area contributed by atoms with Crippen molar-refractivity contribution in [2.75, 3.05) is 0 Å². The molecule has 3 heterocycles. The van der Waals surface area contributed by atoms with Gasteiger partial charge in [-0.3, -0.25) is 4.79 Å². The number of rotatable bonds is 2. The first-order chi connectivity index (χ1) is 8.65. The lowest BCUT2D eigenvalue weighted by Gasteiger charge is -2.20. The number of carboxylic acids is 1. The second-order valence-corrected chi connectivity index (χ2v) is 4.53. The minimum Gasteiger partial charge on any atom is -0.481 e. The SMILES string of the molecule is Cc1ccc(-c2nnc3n2CC(C(=O)O)CC3)o1. The maximum atomic E-state index is 11.1. The zero-order valence-electron chi connectivity index (χ0n) is 9.96. The monoisotopic (exact) mass is 247 g/mol. The van der Waals surface area contributed by atoms with Crippen LogP contribution in [-0.2, 0) is 17.8 Å². The number of carbonyl (C=O) groups is 1. The van der Waals surface area contributed by atoms with E-state index in [1.54, 1.807) is 0 Å². The van der Waals surface area contributed by atoms with Gasteiger partial charge < -0.3 is 14.1 Å². The Labute approximate surface area is 103 Å². The van der Waals surface area contributed by atoms with Crippen molar-refractivity contribution in [3.63, 3.8) is 0 Å². The molecule has 1 N–H and O–H groups in total. The zero-order valence-corrected chi connectivity index (χ0v) is 9.96. The van der Waals surface area contributed by atoms with E-state index in [4.69, 9.17) is 9.52 Å². The van der Waals surface area contributed by atoms with Gasteiger partial charge in [0.05, 0.1) is 5.92 Å². The summed E-state index contributed by atoms with van der Waals surface area (Å²) in [5, 5.41) is 17.3. The summed E-state index contributed by atoms with van der Waals surface area (Å²) in [7, 11) is 0. The lowest BCUT2D eigenvalue weighted by atomic mass is 9.99. The van der Waals surface area contributed by atoms with Crippen molar-refractivity contribution in [3.05, 3.63) is 23.7 Å². The van der Waals surface area contributed by atoms with Gasteiger partial charge in [0.1, 0.15) is 11.6 Å². The lowest BCUT2D eigenvalue weighted by Crippen LogP contribution is -2.27. The second kappa shape index (κ2) is 3.97. The first-order valence-electron chi connectivity index (χ1n) is 5.87. The summed E-state index contributed by atoms with van der Waals surface area (Å²) >= 11 is 0. The van der Waals surface area contributed by atoms with Crippen LogP contribution in [0.2, 0.25) is 0 Å². The number of aryl methyl sites for hydroxylation is 2. The number of fused-ring (bicyclic) bond motifs is 1. The van der Waals surface area contributed by atoms with Crippen LogP contribution in [0.15, 0.2) is 16.5 Å². The van der Waals surface area contributed by atoms with Gasteiger partial charge >= 0.3 is 5.97 Å². The normalized spacial score (nSPS) is 18.6. The summed E-state index contributed by atoms with van der Waals surface area (Å²) in [6.45, 7) is 2.27. The molecule has 0 aliphatic carbocycles. The molecule has 0 fully saturated rings. The van der Waals surface area contributed by atoms with Gasteiger partial charge in [0, 0.05) is 13.0 Å². The second-order valence-electron chi connectivity index (χ2n) is 4.53. The average molecular weight is 247 g/mol. The molecule has 1 aliphatic rings. The maximum Gasteiger partial charge on any atom is 0.308 e. The van der Waals surface area contributed by atoms with Crippen molar-refractivity contribution in [2.24, 2.45) is 5.92 Å². The topological polar surface area (TPSA) is 81.2 Å². The number of aromatic nitrogens is 3. The molecule has 18 heavy (non-hydrogen) atoms. The van der Waals surface area contributed by atoms with Crippen LogP contribution in [-0.4, -0.2) is 25.8 Å². The van der Waals surface area contributed by atoms with Gasteiger partial charge in [-0.25, -0.2) is 0 Å². The smallest absolute Gasteiger partial charge is 0.308 e. The summed E-state index contributed by atoms with van der Waals surface area (Å²) < 4.78 is 7.37. The van der Waals surface area contributed by atoms with Gasteiger partial charge in [-0.2, -0.15) is 0 Å². The first-order valence-corrected chi connectivity index (χ1v) is 5.87. The van der Waals surface area contributed by atoms with E-state index in [0.717, 1.165) is 11.6 Å². The van der Waals surface area contributed by atoms with Crippen LogP contribution < -0.4 is 0 Å². The van der Waals surface area contributed by atoms with Crippen molar-refractivity contribution in [1.29, 1.82) is 0 Å². The molecule has 1 atom stereocenters. The van der Waals surface area contributed by atoms with E-state index in [-0.39, 0.29) is 5.92 Å². The van der Waals surface area contributed by atoms with Crippen molar-refractivity contribution >= 4 is 5.97 Å². The van der Waals surface area contributed by atoms with Crippen LogP contribution in [0.25, 0.3) is 11.6 Å². The predicted molar refractivity (Wildman–Crippen MR) is 61.9 cm³/mol. The van der Waals surface area contributed by atoms with Crippen LogP contribution in [0.5, 0.6) is 0 Å². The highest BCUT2D eigenvalue weighted by molar-refractivity contribution is 5.70. The Kier molecular flexibility index (Phi) is 2.43. The van der Waals surface area contributed by atoms with E-state index in [0.29, 0.717) is 31.0 Å². The molecule has 0 spiro atoms. The van der Waals surface area contributed by atoms with Crippen molar-refractivity contribution in [3.8, 4) is 11.6 Å². The van der Waals surface area contributed by atoms with E-state index >= 15 is 0 Å². The quantitative estimate of drug-likeness (QED) is 0.869. The molecule has 0 amide bonds. The summed E-state index contributed by atoms with van der Waals surface area (Å²) in [4.78, 5) is 11.1. The molecule has 3 rings (SSSR count). The molecule has 94 valence electrons. The van der Waals surface area contributed by atoms with E-state index in [1.165, 1.54) is 0 Å². The molecule has 2 aromatic heterocycles. The average Bonchev–Trinajstić information content (AvgIpc) is 2.93. The van der Waals surface area contributed by atoms with Gasteiger partial charge in [-0.1, -0.05) is 0 Å². The fraction of sp³-hybridized carbons (Fsp3) is 0.417. The van der Waals surface area contributed by atoms with Crippen molar-refractivity contribution in [1.82, 2.24) is 14.8 Å². The standard InChI is InChI=1S/C12H13N3O3/c1-7-2-4-9(18-7)11-14-13-10-5-3-8(12(16)17)6-15(10)11/h2,4,8H,3,5-6H2,1H3,(H,16,17). The number of hydrogen-bond donors (Lipinski definition) is 1. The van der Waals surface area contributed by atoms with Gasteiger partial charge in [0.25, 0.3) is 0 Å². The number of aliphatic carboxylic acids is 1. The van der Waals surface area contributed by atoms with E-state index in [9.17, 15) is 4.79 Å². The minimum atomic E-state index is -0.768. The molecular weight excluding hydrogens is 234 g/mol. The minimum absolute atomic E-state index is 0.372. The van der Waals surface area contributed by atoms with E-state index in [2.05, 4.69) is 10.2 Å². The molecule has 2 aromatic rings. The summed E-state index contributed by atoms with van der Waals surface area (Å²) in [5.41, 5.74) is 0. The lowest BCUT2D eigenvalue weighted by molar-refractivity contribution is -0.142. The molecule has 1 aliphatic heterocycles. The number of nitrogens with zero attached hydrogens (tertiary/aromatic N) is 3. The Morgan fingerprint density at radius 1 is 1.50 bits per heavy atom. The number of carboxylic acid groups (broad SMARTS) is 1. The Hall–Kier alpha value is -2.11. The molecule has 0 saturated carbocycles. The third kappa shape index (κ3) is 1.70. The van der Waals surface area contributed by atoms with E-state index < -0.39 is 5.97 Å². The van der Waals surface area contributed by atoms with Gasteiger partial charge in [0.2, 0.25) is 0 Å². The van der Waals surface area contributed by atoms with Crippen LogP contribution in [0.4, 0.5) is 0 Å². The predicted octanol–water partition coefficient (Wildman–Crippen LogP) is 1.49. The van der Waals surface area contributed by atoms with Crippen LogP contribution in [0.1, 0.15) is 18.0 Å². The fourth-order valence-electron chi connectivity index (χ4n) is 2.27. The van der Waals surface area contributed by atoms with Crippen LogP contribution in [0, 0.1) is 12.8 Å². The third-order valence-electron chi connectivity index (χ3n) is 3.26. The summed E-state index contributed by atoms with van der Waals surface area (Å²) in [6.07, 6.45) is 1.26. The molecular formula is C12H13N3O3. The Morgan fingerprint density at radius 2 is 2.33 bits per heavy atom. The van der Waals surface area contributed by atoms with Gasteiger partial charge in [-0.15, -0.1) is 10.2 Å². The highest BCUT2D eigenvalue weighted by Crippen LogP contribution is 2.26. The molecule has 0 aromatic carbocycles. The van der Waals surface area contributed by atoms with Crippen LogP contribution in [0.3, 0.4) is 0 Å². The molecule has 6 heteroatoms. The third-order valence-corrected chi connectivity index (χ3v) is 3.26. The molecule has 0 radical (unpaired) electrons. The highest BCUT2D eigenvalue weighted by Gasteiger charge is 2.28. The first kappa shape index (κ1) is 11.0. The zero-order chi connectivity index (χ0) is 12.7. The Bertz CT molecular complexity index is 599. The summed E-state index contributed by atoms with van der Waals surface area (Å²) in [5.74, 6) is 1.74. The van der Waals surface area contributed by atoms with Gasteiger partial charge in [0.15, 0.2) is 11.6 Å². The molecule has 0 saturated heterocycles. The molecule has 1 unspecified atom stereocenters. The van der Waals surface area contributed by atoms with Crippen molar-refractivity contribution in [2.45, 2.75) is 26.3 Å². The molecule has 0 bridgehead atoms. The van der Waals surface area contributed by atoms with E-state index in [1.807, 2.05) is 23.6 Å². The van der Waals surface area contributed by atoms with Gasteiger partial charge in [-0.05, 0) is 25.5 Å². The number of hydrogen-bond acceptors (Lipinski definition) is 4. The van der Waals surface area contributed by atoms with Crippen molar-refractivity contribution < 1.29 is 14.3 Å². The Balaban J connectivity index is 1.99. The molecule has 6 nitrogen and oxygen atoms in total. The summed E-state index contributed by atoms with van der Waals surface area (Å²) in [6, 6.07) is 3.69. The Morgan fingerprint density at radius 3 is 3.00 bits per heavy atom. The highest BCUT2D eigenvalue weighted by atomic mass is 16.4.